The molecule has 0 aromatic rings. The molecule has 1 unspecified atom stereocenters. The summed E-state index contributed by atoms with van der Waals surface area (Å²) >= 11 is 0. The highest BCUT2D eigenvalue weighted by Gasteiger charge is 2.25. The van der Waals surface area contributed by atoms with Crippen LogP contribution >= 0.6 is 0 Å². The van der Waals surface area contributed by atoms with Crippen LogP contribution in [0.15, 0.2) is 0 Å². The van der Waals surface area contributed by atoms with E-state index in [0.717, 1.165) is 32.6 Å². The summed E-state index contributed by atoms with van der Waals surface area (Å²) in [6.07, 6.45) is 7.85. The third kappa shape index (κ3) is 5.52. The lowest BCUT2D eigenvalue weighted by atomic mass is 9.99. The molecule has 0 spiro atoms. The van der Waals surface area contributed by atoms with Gasteiger partial charge in [0.05, 0.1) is 0 Å². The van der Waals surface area contributed by atoms with Crippen LogP contribution in [0.2, 0.25) is 0 Å². The summed E-state index contributed by atoms with van der Waals surface area (Å²) in [5.74, 6) is 0.378. The van der Waals surface area contributed by atoms with Crippen molar-refractivity contribution in [2.24, 2.45) is 0 Å². The fourth-order valence-corrected chi connectivity index (χ4v) is 3.12. The second-order valence-electron chi connectivity index (χ2n) is 5.74. The Morgan fingerprint density at radius 2 is 1.79 bits per heavy atom. The number of hydrogen-bond donors (Lipinski definition) is 0. The van der Waals surface area contributed by atoms with Gasteiger partial charge in [0.25, 0.3) is 0 Å². The molecule has 0 N–H and O–H groups in total. The second-order valence-corrected chi connectivity index (χ2v) is 5.74. The number of hydrogen-bond acceptors (Lipinski definition) is 2. The molecule has 1 rings (SSSR count). The van der Waals surface area contributed by atoms with Crippen molar-refractivity contribution >= 4 is 5.91 Å². The quantitative estimate of drug-likeness (QED) is 0.674. The van der Waals surface area contributed by atoms with Gasteiger partial charge in [0, 0.05) is 25.6 Å². The number of piperidine rings is 1. The number of carbonyl (C=O) groups is 1. The molecule has 1 atom stereocenters. The molecule has 0 bridgehead atoms. The van der Waals surface area contributed by atoms with Crippen LogP contribution in [-0.2, 0) is 4.79 Å². The maximum Gasteiger partial charge on any atom is 0.224 e. The highest BCUT2D eigenvalue weighted by molar-refractivity contribution is 5.76. The van der Waals surface area contributed by atoms with Gasteiger partial charge >= 0.3 is 0 Å². The molecule has 112 valence electrons. The summed E-state index contributed by atoms with van der Waals surface area (Å²) in [5, 5.41) is 0. The Kier molecular flexibility index (Phi) is 8.11. The van der Waals surface area contributed by atoms with Gasteiger partial charge in [-0.05, 0) is 51.6 Å². The van der Waals surface area contributed by atoms with Crippen molar-refractivity contribution in [1.29, 1.82) is 0 Å². The van der Waals surface area contributed by atoms with Crippen molar-refractivity contribution in [3.63, 3.8) is 0 Å². The molecule has 1 saturated heterocycles. The SMILES string of the molecule is CCCN(CCC)CCC(=O)N1CCCCC1CC. The summed E-state index contributed by atoms with van der Waals surface area (Å²) in [6.45, 7) is 10.8. The minimum Gasteiger partial charge on any atom is -0.340 e. The van der Waals surface area contributed by atoms with Crippen molar-refractivity contribution in [3.05, 3.63) is 0 Å². The number of likely N-dealkylation sites (tertiary alicyclic amines) is 1. The van der Waals surface area contributed by atoms with Gasteiger partial charge in [-0.1, -0.05) is 20.8 Å². The normalized spacial score (nSPS) is 20.0. The Hall–Kier alpha value is -0.570. The average molecular weight is 268 g/mol. The maximum absolute atomic E-state index is 12.4. The van der Waals surface area contributed by atoms with E-state index >= 15 is 0 Å². The second kappa shape index (κ2) is 9.35. The van der Waals surface area contributed by atoms with Gasteiger partial charge in [0.2, 0.25) is 5.91 Å². The zero-order valence-corrected chi connectivity index (χ0v) is 13.2. The van der Waals surface area contributed by atoms with Gasteiger partial charge in [-0.25, -0.2) is 0 Å². The molecule has 0 radical (unpaired) electrons. The topological polar surface area (TPSA) is 23.6 Å². The van der Waals surface area contributed by atoms with E-state index in [1.807, 2.05) is 0 Å². The highest BCUT2D eigenvalue weighted by atomic mass is 16.2. The first-order valence-electron chi connectivity index (χ1n) is 8.24. The van der Waals surface area contributed by atoms with Gasteiger partial charge in [-0.2, -0.15) is 0 Å². The zero-order valence-electron chi connectivity index (χ0n) is 13.2. The lowest BCUT2D eigenvalue weighted by Gasteiger charge is -2.36. The van der Waals surface area contributed by atoms with Crippen LogP contribution in [0.4, 0.5) is 0 Å². The van der Waals surface area contributed by atoms with Crippen molar-refractivity contribution < 1.29 is 4.79 Å². The third-order valence-corrected chi connectivity index (χ3v) is 4.14. The molecule has 1 aliphatic heterocycles. The smallest absolute Gasteiger partial charge is 0.224 e. The molecule has 0 aromatic heterocycles. The molecule has 1 amide bonds. The molecule has 0 saturated carbocycles. The standard InChI is InChI=1S/C16H32N2O/c1-4-11-17(12-5-2)14-10-16(19)18-13-8-7-9-15(18)6-3/h15H,4-14H2,1-3H3. The third-order valence-electron chi connectivity index (χ3n) is 4.14. The van der Waals surface area contributed by atoms with Crippen LogP contribution in [0, 0.1) is 0 Å². The Morgan fingerprint density at radius 1 is 1.11 bits per heavy atom. The number of amides is 1. The average Bonchev–Trinajstić information content (AvgIpc) is 2.44. The summed E-state index contributed by atoms with van der Waals surface area (Å²) in [5.41, 5.74) is 0. The van der Waals surface area contributed by atoms with Crippen LogP contribution in [-0.4, -0.2) is 47.9 Å². The molecule has 1 heterocycles. The fourth-order valence-electron chi connectivity index (χ4n) is 3.12. The largest absolute Gasteiger partial charge is 0.340 e. The first kappa shape index (κ1) is 16.5. The Labute approximate surface area is 119 Å². The molecule has 19 heavy (non-hydrogen) atoms. The predicted octanol–water partition coefficient (Wildman–Crippen LogP) is 3.29. The summed E-state index contributed by atoms with van der Waals surface area (Å²) in [6, 6.07) is 0.507. The van der Waals surface area contributed by atoms with Gasteiger partial charge < -0.3 is 9.80 Å². The van der Waals surface area contributed by atoms with Crippen molar-refractivity contribution in [1.82, 2.24) is 9.80 Å². The van der Waals surface area contributed by atoms with E-state index in [2.05, 4.69) is 30.6 Å². The van der Waals surface area contributed by atoms with E-state index in [4.69, 9.17) is 0 Å². The Bertz CT molecular complexity index is 249. The van der Waals surface area contributed by atoms with E-state index in [0.29, 0.717) is 18.4 Å². The fraction of sp³-hybridized carbons (Fsp3) is 0.938. The van der Waals surface area contributed by atoms with Gasteiger partial charge in [0.15, 0.2) is 0 Å². The van der Waals surface area contributed by atoms with Crippen molar-refractivity contribution in [2.45, 2.75) is 71.8 Å². The summed E-state index contributed by atoms with van der Waals surface area (Å²) in [7, 11) is 0. The van der Waals surface area contributed by atoms with Crippen molar-refractivity contribution in [2.75, 3.05) is 26.2 Å². The minimum atomic E-state index is 0.378. The van der Waals surface area contributed by atoms with Gasteiger partial charge in [-0.3, -0.25) is 4.79 Å². The lowest BCUT2D eigenvalue weighted by Crippen LogP contribution is -2.44. The monoisotopic (exact) mass is 268 g/mol. The number of rotatable bonds is 8. The molecule has 0 aliphatic carbocycles. The van der Waals surface area contributed by atoms with E-state index in [-0.39, 0.29) is 0 Å². The first-order chi connectivity index (χ1) is 9.22. The van der Waals surface area contributed by atoms with Crippen LogP contribution in [0.5, 0.6) is 0 Å². The molecular formula is C16H32N2O. The predicted molar refractivity (Wildman–Crippen MR) is 81.3 cm³/mol. The molecule has 1 aliphatic rings. The zero-order chi connectivity index (χ0) is 14.1. The minimum absolute atomic E-state index is 0.378. The molecule has 3 nitrogen and oxygen atoms in total. The molecular weight excluding hydrogens is 236 g/mol. The summed E-state index contributed by atoms with van der Waals surface area (Å²) < 4.78 is 0. The maximum atomic E-state index is 12.4. The van der Waals surface area contributed by atoms with Crippen molar-refractivity contribution in [3.8, 4) is 0 Å². The van der Waals surface area contributed by atoms with Crippen LogP contribution in [0.25, 0.3) is 0 Å². The number of carbonyl (C=O) groups excluding carboxylic acids is 1. The first-order valence-corrected chi connectivity index (χ1v) is 8.24. The number of nitrogens with zero attached hydrogens (tertiary/aromatic N) is 2. The van der Waals surface area contributed by atoms with Crippen LogP contribution < -0.4 is 0 Å². The Morgan fingerprint density at radius 3 is 2.37 bits per heavy atom. The van der Waals surface area contributed by atoms with Crippen LogP contribution in [0.3, 0.4) is 0 Å². The van der Waals surface area contributed by atoms with Crippen LogP contribution in [0.1, 0.15) is 65.7 Å². The molecule has 0 aromatic carbocycles. The van der Waals surface area contributed by atoms with Gasteiger partial charge in [-0.15, -0.1) is 0 Å². The van der Waals surface area contributed by atoms with E-state index in [9.17, 15) is 4.79 Å². The van der Waals surface area contributed by atoms with E-state index < -0.39 is 0 Å². The van der Waals surface area contributed by atoms with E-state index in [1.54, 1.807) is 0 Å². The lowest BCUT2D eigenvalue weighted by molar-refractivity contribution is -0.135. The molecule has 1 fully saturated rings. The molecule has 3 heteroatoms. The Balaban J connectivity index is 2.39. The van der Waals surface area contributed by atoms with E-state index in [1.165, 1.54) is 32.1 Å². The highest BCUT2D eigenvalue weighted by Crippen LogP contribution is 2.20. The summed E-state index contributed by atoms with van der Waals surface area (Å²) in [4.78, 5) is 17.0. The van der Waals surface area contributed by atoms with Gasteiger partial charge in [0.1, 0.15) is 0 Å².